The van der Waals surface area contributed by atoms with Gasteiger partial charge in [-0.05, 0) is 17.7 Å². The van der Waals surface area contributed by atoms with Crippen LogP contribution < -0.4 is 15.2 Å². The van der Waals surface area contributed by atoms with Crippen LogP contribution in [0, 0.1) is 0 Å². The van der Waals surface area contributed by atoms with E-state index in [1.54, 1.807) is 17.3 Å². The fraction of sp³-hybridized carbons (Fsp3) is 0.385. The first-order chi connectivity index (χ1) is 9.83. The molecular formula is C13H15N3O2S2. The first kappa shape index (κ1) is 13.7. The van der Waals surface area contributed by atoms with Crippen LogP contribution in [-0.2, 0) is 0 Å². The van der Waals surface area contributed by atoms with Crippen LogP contribution in [0.25, 0.3) is 0 Å². The molecule has 0 amide bonds. The molecule has 2 heterocycles. The largest absolute Gasteiger partial charge is 0.490 e. The minimum absolute atomic E-state index is 0.0685. The number of ether oxygens (including phenoxy) is 2. The lowest BCUT2D eigenvalue weighted by atomic mass is 10.1. The third-order valence-corrected chi connectivity index (χ3v) is 4.91. The molecule has 0 spiro atoms. The van der Waals surface area contributed by atoms with E-state index in [9.17, 15) is 0 Å². The van der Waals surface area contributed by atoms with E-state index in [1.165, 1.54) is 11.3 Å². The predicted molar refractivity (Wildman–Crippen MR) is 79.6 cm³/mol. The molecular weight excluding hydrogens is 294 g/mol. The second-order valence-electron chi connectivity index (χ2n) is 4.38. The lowest BCUT2D eigenvalue weighted by Crippen LogP contribution is -2.13. The van der Waals surface area contributed by atoms with Crippen LogP contribution in [0.1, 0.15) is 18.0 Å². The summed E-state index contributed by atoms with van der Waals surface area (Å²) in [5.41, 5.74) is 8.99. The van der Waals surface area contributed by atoms with Crippen molar-refractivity contribution in [2.24, 2.45) is 5.73 Å². The Hall–Kier alpha value is -1.31. The average Bonchev–Trinajstić information content (AvgIpc) is 2.88. The number of fused-ring (bicyclic) bond motifs is 1. The molecule has 1 atom stereocenters. The van der Waals surface area contributed by atoms with E-state index >= 15 is 0 Å². The molecule has 20 heavy (non-hydrogen) atoms. The topological polar surface area (TPSA) is 70.3 Å². The van der Waals surface area contributed by atoms with E-state index in [4.69, 9.17) is 15.2 Å². The standard InChI is InChI=1S/C13H15N3O2S2/c14-10(7-19-13-16-15-8-20-13)9-2-3-11-12(6-9)18-5-1-4-17-11/h2-3,6,8,10H,1,4-5,7,14H2. The van der Waals surface area contributed by atoms with Crippen molar-refractivity contribution < 1.29 is 9.47 Å². The Bertz CT molecular complexity index is 563. The highest BCUT2D eigenvalue weighted by Crippen LogP contribution is 2.33. The molecule has 0 saturated heterocycles. The summed E-state index contributed by atoms with van der Waals surface area (Å²) in [6, 6.07) is 5.84. The van der Waals surface area contributed by atoms with Gasteiger partial charge in [-0.2, -0.15) is 0 Å². The Morgan fingerprint density at radius 1 is 1.30 bits per heavy atom. The van der Waals surface area contributed by atoms with Gasteiger partial charge in [0.15, 0.2) is 15.8 Å². The maximum Gasteiger partial charge on any atom is 0.174 e. The fourth-order valence-corrected chi connectivity index (χ4v) is 3.40. The van der Waals surface area contributed by atoms with Crippen molar-refractivity contribution in [2.45, 2.75) is 16.8 Å². The summed E-state index contributed by atoms with van der Waals surface area (Å²) in [6.45, 7) is 1.39. The number of rotatable bonds is 4. The second-order valence-corrected chi connectivity index (χ2v) is 6.48. The van der Waals surface area contributed by atoms with Gasteiger partial charge in [0.1, 0.15) is 5.51 Å². The highest BCUT2D eigenvalue weighted by Gasteiger charge is 2.14. The molecule has 1 unspecified atom stereocenters. The van der Waals surface area contributed by atoms with E-state index in [1.807, 2.05) is 18.2 Å². The Balaban J connectivity index is 1.68. The van der Waals surface area contributed by atoms with Gasteiger partial charge < -0.3 is 15.2 Å². The normalized spacial score (nSPS) is 15.7. The number of hydrogen-bond acceptors (Lipinski definition) is 7. The Morgan fingerprint density at radius 3 is 2.95 bits per heavy atom. The maximum atomic E-state index is 6.22. The lowest BCUT2D eigenvalue weighted by Gasteiger charge is -2.14. The SMILES string of the molecule is NC(CSc1nncs1)c1ccc2c(c1)OCCCO2. The average molecular weight is 309 g/mol. The van der Waals surface area contributed by atoms with Gasteiger partial charge in [0, 0.05) is 18.2 Å². The zero-order valence-corrected chi connectivity index (χ0v) is 12.5. The first-order valence-electron chi connectivity index (χ1n) is 6.37. The van der Waals surface area contributed by atoms with Gasteiger partial charge in [-0.3, -0.25) is 0 Å². The van der Waals surface area contributed by atoms with Crippen LogP contribution in [0.3, 0.4) is 0 Å². The van der Waals surface area contributed by atoms with Crippen LogP contribution in [0.4, 0.5) is 0 Å². The zero-order valence-electron chi connectivity index (χ0n) is 10.8. The molecule has 5 nitrogen and oxygen atoms in total. The van der Waals surface area contributed by atoms with E-state index in [0.717, 1.165) is 33.6 Å². The van der Waals surface area contributed by atoms with Gasteiger partial charge in [0.05, 0.1) is 13.2 Å². The first-order valence-corrected chi connectivity index (χ1v) is 8.23. The molecule has 106 valence electrons. The van der Waals surface area contributed by atoms with Crippen LogP contribution in [0.2, 0.25) is 0 Å². The molecule has 0 aliphatic carbocycles. The Labute approximate surface area is 125 Å². The molecule has 3 rings (SSSR count). The number of thioether (sulfide) groups is 1. The zero-order chi connectivity index (χ0) is 13.8. The van der Waals surface area contributed by atoms with E-state index in [0.29, 0.717) is 13.2 Å². The molecule has 0 bridgehead atoms. The Kier molecular flexibility index (Phi) is 4.39. The fourth-order valence-electron chi connectivity index (χ4n) is 1.89. The Morgan fingerprint density at radius 2 is 2.15 bits per heavy atom. The lowest BCUT2D eigenvalue weighted by molar-refractivity contribution is 0.297. The number of nitrogens with zero attached hydrogens (tertiary/aromatic N) is 2. The molecule has 0 saturated carbocycles. The minimum Gasteiger partial charge on any atom is -0.490 e. The molecule has 2 N–H and O–H groups in total. The van der Waals surface area contributed by atoms with Crippen molar-refractivity contribution in [1.29, 1.82) is 0 Å². The number of nitrogens with two attached hydrogens (primary N) is 1. The summed E-state index contributed by atoms with van der Waals surface area (Å²) in [5.74, 6) is 2.35. The van der Waals surface area contributed by atoms with Gasteiger partial charge in [0.2, 0.25) is 0 Å². The summed E-state index contributed by atoms with van der Waals surface area (Å²) in [4.78, 5) is 0. The van der Waals surface area contributed by atoms with Crippen LogP contribution in [0.15, 0.2) is 28.0 Å². The molecule has 1 aliphatic heterocycles. The molecule has 0 radical (unpaired) electrons. The number of hydrogen-bond donors (Lipinski definition) is 1. The van der Waals surface area contributed by atoms with E-state index in [-0.39, 0.29) is 6.04 Å². The molecule has 1 aliphatic rings. The van der Waals surface area contributed by atoms with Crippen molar-refractivity contribution in [3.05, 3.63) is 29.3 Å². The molecule has 1 aromatic heterocycles. The monoisotopic (exact) mass is 309 g/mol. The minimum atomic E-state index is -0.0685. The summed E-state index contributed by atoms with van der Waals surface area (Å²) in [6.07, 6.45) is 0.906. The number of benzene rings is 1. The van der Waals surface area contributed by atoms with Gasteiger partial charge in [-0.25, -0.2) is 0 Å². The predicted octanol–water partition coefficient (Wildman–Crippen LogP) is 2.49. The third-order valence-electron chi connectivity index (χ3n) is 2.93. The smallest absolute Gasteiger partial charge is 0.174 e. The van der Waals surface area contributed by atoms with Crippen LogP contribution >= 0.6 is 23.1 Å². The highest BCUT2D eigenvalue weighted by molar-refractivity contribution is 8.01. The van der Waals surface area contributed by atoms with Gasteiger partial charge in [-0.15, -0.1) is 10.2 Å². The third kappa shape index (κ3) is 3.23. The molecule has 0 fully saturated rings. The highest BCUT2D eigenvalue weighted by atomic mass is 32.2. The molecule has 2 aromatic rings. The summed E-state index contributed by atoms with van der Waals surface area (Å²) in [5, 5.41) is 7.81. The summed E-state index contributed by atoms with van der Waals surface area (Å²) in [7, 11) is 0. The molecule has 7 heteroatoms. The maximum absolute atomic E-state index is 6.22. The van der Waals surface area contributed by atoms with E-state index in [2.05, 4.69) is 10.2 Å². The van der Waals surface area contributed by atoms with E-state index < -0.39 is 0 Å². The van der Waals surface area contributed by atoms with Gasteiger partial charge >= 0.3 is 0 Å². The summed E-state index contributed by atoms with van der Waals surface area (Å²) >= 11 is 3.15. The summed E-state index contributed by atoms with van der Waals surface area (Å²) < 4.78 is 12.2. The van der Waals surface area contributed by atoms with Crippen LogP contribution in [0.5, 0.6) is 11.5 Å². The van der Waals surface area contributed by atoms with Gasteiger partial charge in [-0.1, -0.05) is 29.2 Å². The van der Waals surface area contributed by atoms with Crippen molar-refractivity contribution >= 4 is 23.1 Å². The number of aromatic nitrogens is 2. The van der Waals surface area contributed by atoms with Crippen molar-refractivity contribution in [2.75, 3.05) is 19.0 Å². The quantitative estimate of drug-likeness (QED) is 0.875. The molecule has 1 aromatic carbocycles. The van der Waals surface area contributed by atoms with Crippen molar-refractivity contribution in [3.8, 4) is 11.5 Å². The van der Waals surface area contributed by atoms with Crippen molar-refractivity contribution in [1.82, 2.24) is 10.2 Å². The second kappa shape index (κ2) is 6.43. The van der Waals surface area contributed by atoms with Crippen molar-refractivity contribution in [3.63, 3.8) is 0 Å². The van der Waals surface area contributed by atoms with Crippen LogP contribution in [-0.4, -0.2) is 29.2 Å². The van der Waals surface area contributed by atoms with Gasteiger partial charge in [0.25, 0.3) is 0 Å².